The van der Waals surface area contributed by atoms with E-state index < -0.39 is 0 Å². The fourth-order valence-electron chi connectivity index (χ4n) is 2.93. The highest BCUT2D eigenvalue weighted by Gasteiger charge is 2.23. The Morgan fingerprint density at radius 1 is 0.958 bits per heavy atom. The van der Waals surface area contributed by atoms with Crippen molar-refractivity contribution in [2.24, 2.45) is 0 Å². The van der Waals surface area contributed by atoms with E-state index in [1.165, 1.54) is 16.7 Å². The van der Waals surface area contributed by atoms with Gasteiger partial charge in [0.25, 0.3) is 0 Å². The largest absolute Gasteiger partial charge is 0.491 e. The molecule has 2 aromatic rings. The lowest BCUT2D eigenvalue weighted by Gasteiger charge is -2.27. The molecular weight excluding hydrogens is 300 g/mol. The summed E-state index contributed by atoms with van der Waals surface area (Å²) in [7, 11) is 0. The van der Waals surface area contributed by atoms with Crippen molar-refractivity contribution in [3.63, 3.8) is 0 Å². The summed E-state index contributed by atoms with van der Waals surface area (Å²) in [5, 5.41) is 0. The minimum absolute atomic E-state index is 0.0300. The maximum absolute atomic E-state index is 5.83. The minimum Gasteiger partial charge on any atom is -0.491 e. The van der Waals surface area contributed by atoms with Gasteiger partial charge in [-0.3, -0.25) is 0 Å². The lowest BCUT2D eigenvalue weighted by Crippen LogP contribution is -2.33. The van der Waals surface area contributed by atoms with Gasteiger partial charge >= 0.3 is 0 Å². The van der Waals surface area contributed by atoms with Crippen LogP contribution in [0.5, 0.6) is 5.75 Å². The topological polar surface area (TPSA) is 27.7 Å². The second kappa shape index (κ2) is 7.37. The predicted octanol–water partition coefficient (Wildman–Crippen LogP) is 4.12. The highest BCUT2D eigenvalue weighted by Crippen LogP contribution is 2.32. The Morgan fingerprint density at radius 3 is 2.17 bits per heavy atom. The molecule has 0 saturated carbocycles. The van der Waals surface area contributed by atoms with Crippen molar-refractivity contribution in [3.05, 3.63) is 65.2 Å². The molecule has 1 unspecified atom stereocenters. The molecule has 1 fully saturated rings. The zero-order valence-corrected chi connectivity index (χ0v) is 14.7. The van der Waals surface area contributed by atoms with Gasteiger partial charge in [0.1, 0.15) is 18.5 Å². The van der Waals surface area contributed by atoms with Gasteiger partial charge in [0.05, 0.1) is 19.8 Å². The molecule has 24 heavy (non-hydrogen) atoms. The van der Waals surface area contributed by atoms with Crippen molar-refractivity contribution < 1.29 is 14.2 Å². The Kier molecular flexibility index (Phi) is 5.22. The van der Waals surface area contributed by atoms with E-state index >= 15 is 0 Å². The number of hydrogen-bond donors (Lipinski definition) is 0. The van der Waals surface area contributed by atoms with Crippen LogP contribution in [0.4, 0.5) is 0 Å². The molecule has 2 aromatic carbocycles. The van der Waals surface area contributed by atoms with Crippen LogP contribution in [-0.4, -0.2) is 32.5 Å². The van der Waals surface area contributed by atoms with Gasteiger partial charge in [-0.2, -0.15) is 0 Å². The first-order chi connectivity index (χ1) is 11.6. The van der Waals surface area contributed by atoms with Crippen LogP contribution in [0.2, 0.25) is 0 Å². The van der Waals surface area contributed by atoms with E-state index in [0.717, 1.165) is 5.75 Å². The number of ether oxygens (including phenoxy) is 3. The van der Waals surface area contributed by atoms with Crippen LogP contribution in [-0.2, 0) is 14.9 Å². The van der Waals surface area contributed by atoms with Crippen molar-refractivity contribution in [2.75, 3.05) is 26.4 Å². The molecule has 1 heterocycles. The van der Waals surface area contributed by atoms with Gasteiger partial charge in [-0.05, 0) is 30.2 Å². The Hall–Kier alpha value is -1.84. The summed E-state index contributed by atoms with van der Waals surface area (Å²) in [5.41, 5.74) is 3.84. The Labute approximate surface area is 144 Å². The maximum Gasteiger partial charge on any atom is 0.119 e. The summed E-state index contributed by atoms with van der Waals surface area (Å²) < 4.78 is 16.8. The summed E-state index contributed by atoms with van der Waals surface area (Å²) in [4.78, 5) is 0. The van der Waals surface area contributed by atoms with Crippen LogP contribution in [0.25, 0.3) is 0 Å². The molecule has 0 spiro atoms. The van der Waals surface area contributed by atoms with E-state index in [1.807, 2.05) is 12.1 Å². The number of aryl methyl sites for hydroxylation is 1. The first-order valence-corrected chi connectivity index (χ1v) is 8.55. The lowest BCUT2D eigenvalue weighted by molar-refractivity contribution is -0.101. The van der Waals surface area contributed by atoms with Gasteiger partial charge in [-0.15, -0.1) is 0 Å². The fourth-order valence-corrected chi connectivity index (χ4v) is 2.93. The molecule has 128 valence electrons. The van der Waals surface area contributed by atoms with E-state index in [9.17, 15) is 0 Å². The van der Waals surface area contributed by atoms with Gasteiger partial charge in [0.15, 0.2) is 0 Å². The molecule has 0 aromatic heterocycles. The quantitative estimate of drug-likeness (QED) is 0.827. The van der Waals surface area contributed by atoms with Gasteiger partial charge < -0.3 is 14.2 Å². The van der Waals surface area contributed by atoms with E-state index in [4.69, 9.17) is 14.2 Å². The number of rotatable bonds is 5. The van der Waals surface area contributed by atoms with Crippen LogP contribution in [0.1, 0.15) is 30.5 Å². The SMILES string of the molecule is Cc1ccc(C(C)(C)c2ccc(OCC3COCCO3)cc2)cc1. The molecule has 3 nitrogen and oxygen atoms in total. The third-order valence-electron chi connectivity index (χ3n) is 4.67. The average Bonchev–Trinajstić information content (AvgIpc) is 2.61. The van der Waals surface area contributed by atoms with Crippen LogP contribution < -0.4 is 4.74 Å². The smallest absolute Gasteiger partial charge is 0.119 e. The van der Waals surface area contributed by atoms with Crippen LogP contribution in [0, 0.1) is 6.92 Å². The molecule has 0 radical (unpaired) electrons. The van der Waals surface area contributed by atoms with Crippen molar-refractivity contribution >= 4 is 0 Å². The average molecular weight is 326 g/mol. The first-order valence-electron chi connectivity index (χ1n) is 8.55. The van der Waals surface area contributed by atoms with E-state index in [2.05, 4.69) is 57.2 Å². The molecule has 0 aliphatic carbocycles. The molecule has 1 aliphatic heterocycles. The van der Waals surface area contributed by atoms with E-state index in [0.29, 0.717) is 26.4 Å². The van der Waals surface area contributed by atoms with Crippen molar-refractivity contribution in [2.45, 2.75) is 32.3 Å². The summed E-state index contributed by atoms with van der Waals surface area (Å²) >= 11 is 0. The third-order valence-corrected chi connectivity index (χ3v) is 4.67. The summed E-state index contributed by atoms with van der Waals surface area (Å²) in [6.45, 7) is 9.09. The molecule has 3 heteroatoms. The number of benzene rings is 2. The van der Waals surface area contributed by atoms with Gasteiger partial charge in [0, 0.05) is 5.41 Å². The predicted molar refractivity (Wildman–Crippen MR) is 95.8 cm³/mol. The summed E-state index contributed by atoms with van der Waals surface area (Å²) in [6, 6.07) is 17.1. The van der Waals surface area contributed by atoms with Gasteiger partial charge in [-0.25, -0.2) is 0 Å². The molecule has 1 saturated heterocycles. The first kappa shape index (κ1) is 17.0. The summed E-state index contributed by atoms with van der Waals surface area (Å²) in [5.74, 6) is 0.868. The van der Waals surface area contributed by atoms with E-state index in [1.54, 1.807) is 0 Å². The molecule has 3 rings (SSSR count). The maximum atomic E-state index is 5.83. The Morgan fingerprint density at radius 2 is 1.58 bits per heavy atom. The molecule has 1 aliphatic rings. The zero-order valence-electron chi connectivity index (χ0n) is 14.7. The molecule has 0 bridgehead atoms. The zero-order chi connectivity index (χ0) is 17.0. The second-order valence-electron chi connectivity index (χ2n) is 6.89. The van der Waals surface area contributed by atoms with E-state index in [-0.39, 0.29) is 11.5 Å². The van der Waals surface area contributed by atoms with Crippen LogP contribution in [0.3, 0.4) is 0 Å². The minimum atomic E-state index is -0.0352. The van der Waals surface area contributed by atoms with Crippen molar-refractivity contribution in [1.82, 2.24) is 0 Å². The van der Waals surface area contributed by atoms with Crippen molar-refractivity contribution in [3.8, 4) is 5.75 Å². The normalized spacial score (nSPS) is 18.4. The molecule has 0 N–H and O–H groups in total. The fraction of sp³-hybridized carbons (Fsp3) is 0.429. The second-order valence-corrected chi connectivity index (χ2v) is 6.89. The van der Waals surface area contributed by atoms with Crippen LogP contribution in [0.15, 0.2) is 48.5 Å². The molecular formula is C21H26O3. The standard InChI is InChI=1S/C21H26O3/c1-16-4-6-17(7-5-16)21(2,3)18-8-10-19(11-9-18)24-15-20-14-22-12-13-23-20/h4-11,20H,12-15H2,1-3H3. The Bertz CT molecular complexity index is 638. The monoisotopic (exact) mass is 326 g/mol. The lowest BCUT2D eigenvalue weighted by atomic mass is 9.78. The molecule has 0 amide bonds. The Balaban J connectivity index is 1.65. The van der Waals surface area contributed by atoms with Gasteiger partial charge in [-0.1, -0.05) is 55.8 Å². The van der Waals surface area contributed by atoms with Crippen LogP contribution >= 0.6 is 0 Å². The molecule has 1 atom stereocenters. The van der Waals surface area contributed by atoms with Gasteiger partial charge in [0.2, 0.25) is 0 Å². The highest BCUT2D eigenvalue weighted by molar-refractivity contribution is 5.40. The van der Waals surface area contributed by atoms with Crippen molar-refractivity contribution in [1.29, 1.82) is 0 Å². The summed E-state index contributed by atoms with van der Waals surface area (Å²) in [6.07, 6.45) is 0.0300. The third kappa shape index (κ3) is 3.97. The highest BCUT2D eigenvalue weighted by atomic mass is 16.6. The number of hydrogen-bond acceptors (Lipinski definition) is 3.